The molecule has 0 heterocycles. The number of hydrogen-bond acceptors (Lipinski definition) is 2. The van der Waals surface area contributed by atoms with Crippen molar-refractivity contribution < 1.29 is 4.39 Å². The van der Waals surface area contributed by atoms with Crippen LogP contribution >= 0.6 is 11.8 Å². The molecular formula is C17H18FNS. The van der Waals surface area contributed by atoms with Crippen molar-refractivity contribution in [2.24, 2.45) is 0 Å². The molecule has 1 aliphatic carbocycles. The number of halogens is 1. The van der Waals surface area contributed by atoms with E-state index in [1.165, 1.54) is 29.4 Å². The van der Waals surface area contributed by atoms with E-state index in [9.17, 15) is 4.39 Å². The first kappa shape index (κ1) is 13.7. The van der Waals surface area contributed by atoms with Gasteiger partial charge in [-0.05, 0) is 42.2 Å². The number of rotatable bonds is 6. The fourth-order valence-corrected chi connectivity index (χ4v) is 2.91. The Bertz CT molecular complexity index is 563. The third-order valence-electron chi connectivity index (χ3n) is 3.45. The van der Waals surface area contributed by atoms with Gasteiger partial charge in [0.25, 0.3) is 0 Å². The molecule has 104 valence electrons. The minimum atomic E-state index is -0.120. The van der Waals surface area contributed by atoms with Crippen molar-refractivity contribution in [3.63, 3.8) is 0 Å². The van der Waals surface area contributed by atoms with Gasteiger partial charge >= 0.3 is 0 Å². The standard InChI is InChI=1S/C17H18FNS/c18-17-4-2-1-3-14(17)12-20-16-9-5-13(6-10-16)11-19-15-7-8-15/h1-6,9-10,15,19H,7-8,11-12H2. The molecule has 0 atom stereocenters. The smallest absolute Gasteiger partial charge is 0.127 e. The second-order valence-corrected chi connectivity index (χ2v) is 6.23. The molecule has 3 rings (SSSR count). The lowest BCUT2D eigenvalue weighted by atomic mass is 10.2. The molecule has 3 heteroatoms. The van der Waals surface area contributed by atoms with Gasteiger partial charge in [-0.25, -0.2) is 4.39 Å². The number of nitrogens with one attached hydrogen (secondary N) is 1. The maximum absolute atomic E-state index is 13.5. The molecule has 1 aliphatic rings. The third kappa shape index (κ3) is 3.84. The SMILES string of the molecule is Fc1ccccc1CSc1ccc(CNC2CC2)cc1. The van der Waals surface area contributed by atoms with Crippen molar-refractivity contribution in [2.45, 2.75) is 36.1 Å². The number of benzene rings is 2. The third-order valence-corrected chi connectivity index (χ3v) is 4.51. The highest BCUT2D eigenvalue weighted by Crippen LogP contribution is 2.24. The van der Waals surface area contributed by atoms with Crippen LogP contribution in [0.1, 0.15) is 24.0 Å². The highest BCUT2D eigenvalue weighted by atomic mass is 32.2. The largest absolute Gasteiger partial charge is 0.310 e. The van der Waals surface area contributed by atoms with Crippen molar-refractivity contribution >= 4 is 11.8 Å². The van der Waals surface area contributed by atoms with Gasteiger partial charge < -0.3 is 5.32 Å². The van der Waals surface area contributed by atoms with E-state index in [2.05, 4.69) is 29.6 Å². The lowest BCUT2D eigenvalue weighted by Crippen LogP contribution is -2.14. The molecular weight excluding hydrogens is 269 g/mol. The molecule has 1 nitrogen and oxygen atoms in total. The summed E-state index contributed by atoms with van der Waals surface area (Å²) in [6, 6.07) is 16.3. The Balaban J connectivity index is 1.53. The van der Waals surface area contributed by atoms with Crippen LogP contribution in [-0.4, -0.2) is 6.04 Å². The molecule has 0 bridgehead atoms. The van der Waals surface area contributed by atoms with Crippen LogP contribution in [0.2, 0.25) is 0 Å². The van der Waals surface area contributed by atoms with E-state index in [0.29, 0.717) is 5.75 Å². The van der Waals surface area contributed by atoms with Gasteiger partial charge in [0.1, 0.15) is 5.82 Å². The van der Waals surface area contributed by atoms with E-state index in [1.54, 1.807) is 17.8 Å². The summed E-state index contributed by atoms with van der Waals surface area (Å²) in [6.45, 7) is 0.947. The fourth-order valence-electron chi connectivity index (χ4n) is 2.03. The predicted octanol–water partition coefficient (Wildman–Crippen LogP) is 4.37. The van der Waals surface area contributed by atoms with Crippen molar-refractivity contribution in [3.8, 4) is 0 Å². The van der Waals surface area contributed by atoms with Crippen LogP contribution in [0.25, 0.3) is 0 Å². The molecule has 0 aromatic heterocycles. The Morgan fingerprint density at radius 3 is 2.50 bits per heavy atom. The molecule has 1 N–H and O–H groups in total. The summed E-state index contributed by atoms with van der Waals surface area (Å²) in [6.07, 6.45) is 2.63. The Hall–Kier alpha value is -1.32. The first-order valence-corrected chi connectivity index (χ1v) is 7.98. The Labute approximate surface area is 123 Å². The van der Waals surface area contributed by atoms with Crippen molar-refractivity contribution in [3.05, 3.63) is 65.5 Å². The van der Waals surface area contributed by atoms with Gasteiger partial charge in [-0.15, -0.1) is 11.8 Å². The summed E-state index contributed by atoms with van der Waals surface area (Å²) >= 11 is 1.67. The van der Waals surface area contributed by atoms with Crippen molar-refractivity contribution in [1.82, 2.24) is 5.32 Å². The highest BCUT2D eigenvalue weighted by Gasteiger charge is 2.19. The van der Waals surface area contributed by atoms with E-state index < -0.39 is 0 Å². The van der Waals surface area contributed by atoms with Crippen molar-refractivity contribution in [2.75, 3.05) is 0 Å². The van der Waals surface area contributed by atoms with Crippen LogP contribution in [0, 0.1) is 5.82 Å². The lowest BCUT2D eigenvalue weighted by Gasteiger charge is -2.06. The zero-order valence-corrected chi connectivity index (χ0v) is 12.1. The van der Waals surface area contributed by atoms with Gasteiger partial charge in [-0.2, -0.15) is 0 Å². The van der Waals surface area contributed by atoms with Gasteiger partial charge in [0, 0.05) is 23.2 Å². The number of thioether (sulfide) groups is 1. The normalized spacial score (nSPS) is 14.4. The molecule has 0 unspecified atom stereocenters. The summed E-state index contributed by atoms with van der Waals surface area (Å²) in [5, 5.41) is 3.50. The molecule has 0 radical (unpaired) electrons. The highest BCUT2D eigenvalue weighted by molar-refractivity contribution is 7.98. The molecule has 1 saturated carbocycles. The zero-order chi connectivity index (χ0) is 13.8. The average molecular weight is 287 g/mol. The minimum absolute atomic E-state index is 0.120. The molecule has 2 aromatic carbocycles. The van der Waals surface area contributed by atoms with Crippen LogP contribution in [0.15, 0.2) is 53.4 Å². The van der Waals surface area contributed by atoms with Gasteiger partial charge in [-0.3, -0.25) is 0 Å². The predicted molar refractivity (Wildman–Crippen MR) is 82.3 cm³/mol. The summed E-state index contributed by atoms with van der Waals surface area (Å²) in [7, 11) is 0. The molecule has 20 heavy (non-hydrogen) atoms. The quantitative estimate of drug-likeness (QED) is 0.792. The van der Waals surface area contributed by atoms with Crippen LogP contribution in [0.4, 0.5) is 4.39 Å². The van der Waals surface area contributed by atoms with E-state index in [0.717, 1.165) is 18.2 Å². The summed E-state index contributed by atoms with van der Waals surface area (Å²) in [4.78, 5) is 1.18. The molecule has 1 fully saturated rings. The topological polar surface area (TPSA) is 12.0 Å². The van der Waals surface area contributed by atoms with E-state index in [4.69, 9.17) is 0 Å². The van der Waals surface area contributed by atoms with Gasteiger partial charge in [0.15, 0.2) is 0 Å². The van der Waals surface area contributed by atoms with Gasteiger partial charge in [0.2, 0.25) is 0 Å². The van der Waals surface area contributed by atoms with Crippen LogP contribution in [0.5, 0.6) is 0 Å². The molecule has 2 aromatic rings. The summed E-state index contributed by atoms with van der Waals surface area (Å²) in [5.41, 5.74) is 2.07. The fraction of sp³-hybridized carbons (Fsp3) is 0.294. The second kappa shape index (κ2) is 6.42. The summed E-state index contributed by atoms with van der Waals surface area (Å²) in [5.74, 6) is 0.553. The monoisotopic (exact) mass is 287 g/mol. The first-order chi connectivity index (χ1) is 9.81. The van der Waals surface area contributed by atoms with Crippen LogP contribution < -0.4 is 5.32 Å². The Morgan fingerprint density at radius 1 is 1.05 bits per heavy atom. The lowest BCUT2D eigenvalue weighted by molar-refractivity contribution is 0.617. The Kier molecular flexibility index (Phi) is 4.38. The van der Waals surface area contributed by atoms with Gasteiger partial charge in [-0.1, -0.05) is 30.3 Å². The second-order valence-electron chi connectivity index (χ2n) is 5.18. The first-order valence-electron chi connectivity index (χ1n) is 7.00. The minimum Gasteiger partial charge on any atom is -0.310 e. The maximum atomic E-state index is 13.5. The number of hydrogen-bond donors (Lipinski definition) is 1. The molecule has 0 amide bonds. The summed E-state index contributed by atoms with van der Waals surface area (Å²) < 4.78 is 13.5. The molecule has 0 saturated heterocycles. The zero-order valence-electron chi connectivity index (χ0n) is 11.3. The maximum Gasteiger partial charge on any atom is 0.127 e. The van der Waals surface area contributed by atoms with E-state index in [1.807, 2.05) is 12.1 Å². The van der Waals surface area contributed by atoms with Crippen LogP contribution in [0.3, 0.4) is 0 Å². The van der Waals surface area contributed by atoms with E-state index >= 15 is 0 Å². The Morgan fingerprint density at radius 2 is 1.80 bits per heavy atom. The van der Waals surface area contributed by atoms with Crippen LogP contribution in [-0.2, 0) is 12.3 Å². The van der Waals surface area contributed by atoms with E-state index in [-0.39, 0.29) is 5.82 Å². The molecule has 0 spiro atoms. The van der Waals surface area contributed by atoms with Crippen molar-refractivity contribution in [1.29, 1.82) is 0 Å². The average Bonchev–Trinajstić information content (AvgIpc) is 3.30. The van der Waals surface area contributed by atoms with Gasteiger partial charge in [0.05, 0.1) is 0 Å². The molecule has 0 aliphatic heterocycles.